The van der Waals surface area contributed by atoms with E-state index < -0.39 is 11.2 Å². The van der Waals surface area contributed by atoms with Gasteiger partial charge in [0, 0.05) is 29.2 Å². The van der Waals surface area contributed by atoms with Gasteiger partial charge in [-0.2, -0.15) is 0 Å². The summed E-state index contributed by atoms with van der Waals surface area (Å²) in [6, 6.07) is 6.97. The minimum atomic E-state index is -1.45. The van der Waals surface area contributed by atoms with Crippen molar-refractivity contribution in [3.63, 3.8) is 0 Å². The maximum absolute atomic E-state index is 12.5. The molecule has 1 aliphatic carbocycles. The Morgan fingerprint density at radius 3 is 2.59 bits per heavy atom. The number of hydrogen-bond acceptors (Lipinski definition) is 5. The highest BCUT2D eigenvalue weighted by molar-refractivity contribution is 7.80. The van der Waals surface area contributed by atoms with Crippen LogP contribution in [0.25, 0.3) is 0 Å². The van der Waals surface area contributed by atoms with Gasteiger partial charge in [0.2, 0.25) is 0 Å². The third kappa shape index (κ3) is 5.04. The van der Waals surface area contributed by atoms with Crippen LogP contribution >= 0.6 is 22.9 Å². The number of hydrogen-bond donors (Lipinski definition) is 3. The molecule has 0 spiro atoms. The summed E-state index contributed by atoms with van der Waals surface area (Å²) in [5.41, 5.74) is 2.78. The number of carbonyl (C=O) groups is 2. The number of nitrogens with zero attached hydrogens (tertiary/aromatic N) is 1. The molecule has 1 aliphatic heterocycles. The first-order valence-electron chi connectivity index (χ1n) is 9.22. The number of aryl methyl sites for hydroxylation is 1. The first-order chi connectivity index (χ1) is 13.9. The lowest BCUT2D eigenvalue weighted by Crippen LogP contribution is -2.51. The van der Waals surface area contributed by atoms with Crippen molar-refractivity contribution >= 4 is 57.0 Å². The van der Waals surface area contributed by atoms with Crippen molar-refractivity contribution < 1.29 is 13.8 Å². The number of aldehydes is 1. The van der Waals surface area contributed by atoms with Gasteiger partial charge in [-0.3, -0.25) is 4.79 Å². The molecular formula is C19H23ClN4O3S2. The molecule has 0 bridgehead atoms. The second kappa shape index (κ2) is 9.82. The van der Waals surface area contributed by atoms with Crippen molar-refractivity contribution in [3.8, 4) is 0 Å². The number of carbonyl (C=O) groups excluding carboxylic acids is 2. The van der Waals surface area contributed by atoms with Gasteiger partial charge < -0.3 is 15.4 Å². The molecule has 1 aromatic carbocycles. The number of anilines is 2. The summed E-state index contributed by atoms with van der Waals surface area (Å²) in [6.07, 6.45) is 4.78. The molecule has 10 heteroatoms. The number of thiophene rings is 1. The van der Waals surface area contributed by atoms with E-state index in [2.05, 4.69) is 10.6 Å². The summed E-state index contributed by atoms with van der Waals surface area (Å²) in [5.74, 6) is -0.0453. The van der Waals surface area contributed by atoms with Crippen LogP contribution in [0.2, 0.25) is 5.02 Å². The van der Waals surface area contributed by atoms with E-state index in [1.807, 2.05) is 19.2 Å². The fourth-order valence-corrected chi connectivity index (χ4v) is 5.36. The Balaban J connectivity index is 0.000000224. The van der Waals surface area contributed by atoms with Crippen molar-refractivity contribution in [3.05, 3.63) is 45.3 Å². The van der Waals surface area contributed by atoms with Crippen LogP contribution < -0.4 is 15.8 Å². The first kappa shape index (κ1) is 21.9. The van der Waals surface area contributed by atoms with Crippen molar-refractivity contribution in [2.45, 2.75) is 31.7 Å². The first-order valence-corrected chi connectivity index (χ1v) is 11.6. The van der Waals surface area contributed by atoms with E-state index >= 15 is 0 Å². The second-order valence-corrected chi connectivity index (χ2v) is 9.24. The van der Waals surface area contributed by atoms with Gasteiger partial charge in [0.15, 0.2) is 11.2 Å². The molecule has 156 valence electrons. The van der Waals surface area contributed by atoms with Crippen LogP contribution in [0, 0.1) is 0 Å². The van der Waals surface area contributed by atoms with Crippen LogP contribution in [0.4, 0.5) is 10.7 Å². The Kier molecular flexibility index (Phi) is 7.42. The third-order valence-corrected chi connectivity index (χ3v) is 7.36. The van der Waals surface area contributed by atoms with Gasteiger partial charge in [-0.1, -0.05) is 11.6 Å². The van der Waals surface area contributed by atoms with E-state index in [4.69, 9.17) is 16.7 Å². The molecule has 1 amide bonds. The predicted octanol–water partition coefficient (Wildman–Crippen LogP) is 2.98. The van der Waals surface area contributed by atoms with Gasteiger partial charge in [-0.05, 0) is 55.5 Å². The Morgan fingerprint density at radius 2 is 2.07 bits per heavy atom. The van der Waals surface area contributed by atoms with Crippen LogP contribution in [-0.4, -0.2) is 40.3 Å². The van der Waals surface area contributed by atoms with Gasteiger partial charge in [0.25, 0.3) is 5.91 Å². The van der Waals surface area contributed by atoms with Crippen LogP contribution in [0.15, 0.2) is 24.3 Å². The van der Waals surface area contributed by atoms with E-state index in [0.29, 0.717) is 11.6 Å². The monoisotopic (exact) mass is 454 g/mol. The number of rotatable bonds is 5. The lowest BCUT2D eigenvalue weighted by molar-refractivity contribution is -0.113. The summed E-state index contributed by atoms with van der Waals surface area (Å²) in [6.45, 7) is 0.673. The molecule has 1 fully saturated rings. The van der Waals surface area contributed by atoms with E-state index in [1.165, 1.54) is 14.7 Å². The zero-order valence-corrected chi connectivity index (χ0v) is 18.3. The summed E-state index contributed by atoms with van der Waals surface area (Å²) in [4.78, 5) is 23.9. The maximum atomic E-state index is 12.5. The molecule has 2 unspecified atom stereocenters. The molecule has 2 aliphatic rings. The number of fused-ring (bicyclic) bond motifs is 1. The zero-order chi connectivity index (χ0) is 21.0. The highest BCUT2D eigenvalue weighted by atomic mass is 35.5. The molecule has 2 heterocycles. The molecule has 2 aromatic rings. The third-order valence-electron chi connectivity index (χ3n) is 4.88. The molecule has 7 nitrogen and oxygen atoms in total. The smallest absolute Gasteiger partial charge is 0.258 e. The summed E-state index contributed by atoms with van der Waals surface area (Å²) in [7, 11) is 1.86. The van der Waals surface area contributed by atoms with E-state index in [9.17, 15) is 13.8 Å². The van der Waals surface area contributed by atoms with Crippen LogP contribution in [0.1, 0.15) is 33.6 Å². The normalized spacial score (nSPS) is 18.7. The minimum absolute atomic E-state index is 0.0453. The van der Waals surface area contributed by atoms with E-state index in [1.54, 1.807) is 23.5 Å². The number of amides is 1. The molecule has 1 aromatic heterocycles. The van der Waals surface area contributed by atoms with Gasteiger partial charge >= 0.3 is 0 Å². The van der Waals surface area contributed by atoms with Crippen molar-refractivity contribution in [1.82, 2.24) is 4.31 Å². The molecule has 2 atom stereocenters. The Labute approximate surface area is 181 Å². The van der Waals surface area contributed by atoms with E-state index in [0.717, 1.165) is 48.2 Å². The van der Waals surface area contributed by atoms with Crippen molar-refractivity contribution in [2.75, 3.05) is 24.2 Å². The van der Waals surface area contributed by atoms with E-state index in [-0.39, 0.29) is 11.9 Å². The lowest BCUT2D eigenvalue weighted by Gasteiger charge is -2.33. The number of benzene rings is 1. The van der Waals surface area contributed by atoms with Crippen molar-refractivity contribution in [1.29, 1.82) is 0 Å². The molecule has 0 saturated carbocycles. The highest BCUT2D eigenvalue weighted by Gasteiger charge is 2.30. The molecule has 4 rings (SSSR count). The fourth-order valence-electron chi connectivity index (χ4n) is 3.29. The van der Waals surface area contributed by atoms with Crippen LogP contribution in [-0.2, 0) is 28.8 Å². The number of nitrogens with one attached hydrogen (secondary N) is 2. The summed E-state index contributed by atoms with van der Waals surface area (Å²) in [5, 5.41) is 12.7. The highest BCUT2D eigenvalue weighted by Crippen LogP contribution is 2.39. The topological polar surface area (TPSA) is 105 Å². The zero-order valence-electron chi connectivity index (χ0n) is 15.9. The lowest BCUT2D eigenvalue weighted by atomic mass is 10.1. The van der Waals surface area contributed by atoms with Crippen LogP contribution in [0.5, 0.6) is 0 Å². The molecule has 1 saturated heterocycles. The molecule has 4 N–H and O–H groups in total. The summed E-state index contributed by atoms with van der Waals surface area (Å²) < 4.78 is 11.9. The number of halogens is 1. The average molecular weight is 455 g/mol. The predicted molar refractivity (Wildman–Crippen MR) is 119 cm³/mol. The number of nitrogens with two attached hydrogens (primary N) is 1. The van der Waals surface area contributed by atoms with Gasteiger partial charge in [-0.15, -0.1) is 11.3 Å². The molecular weight excluding hydrogens is 432 g/mol. The Morgan fingerprint density at radius 1 is 1.34 bits per heavy atom. The van der Waals surface area contributed by atoms with Crippen LogP contribution in [0.3, 0.4) is 0 Å². The summed E-state index contributed by atoms with van der Waals surface area (Å²) >= 11 is 6.10. The van der Waals surface area contributed by atoms with Gasteiger partial charge in [0.05, 0.1) is 11.6 Å². The van der Waals surface area contributed by atoms with Gasteiger partial charge in [0.1, 0.15) is 11.3 Å². The standard InChI is InChI=1S/C15H15ClN2OS.C4H8N2O2S/c1-17-15-13(11-3-2-4-12(11)20-15)14(19)18-10-7-5-9(16)6-8-10;5-9(8)6-2-1-4(6)3-7/h5-8,17H,2-4H2,1H3,(H,18,19);3-4H,1-2,5H2. The quantitative estimate of drug-likeness (QED) is 0.604. The minimum Gasteiger partial charge on any atom is -0.379 e. The van der Waals surface area contributed by atoms with Gasteiger partial charge in [-0.25, -0.2) is 13.7 Å². The largest absolute Gasteiger partial charge is 0.379 e. The molecule has 0 radical (unpaired) electrons. The second-order valence-electron chi connectivity index (χ2n) is 6.68. The average Bonchev–Trinajstić information content (AvgIpc) is 3.23. The SMILES string of the molecule is CNc1sc2c(c1C(=O)Nc1ccc(Cl)cc1)CCC2.NS(=O)N1CCC1C=O. The maximum Gasteiger partial charge on any atom is 0.258 e. The Bertz CT molecular complexity index is 917. The fraction of sp³-hybridized carbons (Fsp3) is 0.368. The Hall–Kier alpha value is -1.78. The van der Waals surface area contributed by atoms with Crippen molar-refractivity contribution in [2.24, 2.45) is 5.14 Å². The molecule has 29 heavy (non-hydrogen) atoms.